The van der Waals surface area contributed by atoms with Gasteiger partial charge < -0.3 is 14.4 Å². The Morgan fingerprint density at radius 2 is 1.70 bits per heavy atom. The highest BCUT2D eigenvalue weighted by Crippen LogP contribution is 2.26. The van der Waals surface area contributed by atoms with Crippen molar-refractivity contribution in [2.45, 2.75) is 13.0 Å². The normalized spacial score (nSPS) is 11.7. The number of benzene rings is 2. The van der Waals surface area contributed by atoms with Crippen molar-refractivity contribution in [3.8, 4) is 17.2 Å². The summed E-state index contributed by atoms with van der Waals surface area (Å²) in [6, 6.07) is 12.9. The summed E-state index contributed by atoms with van der Waals surface area (Å²) >= 11 is 0. The maximum absolute atomic E-state index is 12.9. The van der Waals surface area contributed by atoms with Crippen LogP contribution in [0.1, 0.15) is 28.9 Å². The van der Waals surface area contributed by atoms with Crippen molar-refractivity contribution in [1.82, 2.24) is 19.7 Å². The number of ether oxygens (including phenoxy) is 2. The number of aromatic nitrogens is 3. The third kappa shape index (κ3) is 3.92. The minimum atomic E-state index is -0.112. The molecule has 0 unspecified atom stereocenters. The standard InChI is InChI=1S/C20H22N4O3/c1-14(15-5-7-17(8-6-15)24-13-21-12-22-24)23(2)20(25)16-9-18(26-3)11-19(10-16)27-4/h5-14H,1-4H3/t14-/m1/s1. The van der Waals surface area contributed by atoms with Gasteiger partial charge in [-0.05, 0) is 36.8 Å². The van der Waals surface area contributed by atoms with Crippen LogP contribution < -0.4 is 9.47 Å². The van der Waals surface area contributed by atoms with Gasteiger partial charge in [-0.3, -0.25) is 4.79 Å². The van der Waals surface area contributed by atoms with Gasteiger partial charge in [-0.15, -0.1) is 0 Å². The van der Waals surface area contributed by atoms with Gasteiger partial charge in [-0.1, -0.05) is 12.1 Å². The summed E-state index contributed by atoms with van der Waals surface area (Å²) < 4.78 is 12.2. The van der Waals surface area contributed by atoms with E-state index in [2.05, 4.69) is 10.1 Å². The van der Waals surface area contributed by atoms with Crippen molar-refractivity contribution < 1.29 is 14.3 Å². The molecule has 0 radical (unpaired) electrons. The van der Waals surface area contributed by atoms with Gasteiger partial charge >= 0.3 is 0 Å². The Kier molecular flexibility index (Phi) is 5.40. The minimum absolute atomic E-state index is 0.111. The first-order valence-corrected chi connectivity index (χ1v) is 8.48. The number of amides is 1. The fourth-order valence-corrected chi connectivity index (χ4v) is 2.78. The van der Waals surface area contributed by atoms with Gasteiger partial charge in [0.25, 0.3) is 5.91 Å². The number of carbonyl (C=O) groups is 1. The highest BCUT2D eigenvalue weighted by Gasteiger charge is 2.20. The monoisotopic (exact) mass is 366 g/mol. The highest BCUT2D eigenvalue weighted by atomic mass is 16.5. The maximum Gasteiger partial charge on any atom is 0.254 e. The molecule has 7 heteroatoms. The van der Waals surface area contributed by atoms with Crippen LogP contribution in [0.4, 0.5) is 0 Å². The molecule has 0 fully saturated rings. The smallest absolute Gasteiger partial charge is 0.254 e. The van der Waals surface area contributed by atoms with E-state index in [9.17, 15) is 4.79 Å². The summed E-state index contributed by atoms with van der Waals surface area (Å²) in [5.41, 5.74) is 2.44. The van der Waals surface area contributed by atoms with Gasteiger partial charge in [0.15, 0.2) is 0 Å². The summed E-state index contributed by atoms with van der Waals surface area (Å²) in [6.07, 6.45) is 3.13. The molecule has 0 aliphatic heterocycles. The quantitative estimate of drug-likeness (QED) is 0.670. The van der Waals surface area contributed by atoms with Crippen LogP contribution in [0.5, 0.6) is 11.5 Å². The third-order valence-corrected chi connectivity index (χ3v) is 4.56. The number of methoxy groups -OCH3 is 2. The summed E-state index contributed by atoms with van der Waals surface area (Å²) in [6.45, 7) is 1.99. The average Bonchev–Trinajstić information content (AvgIpc) is 3.26. The predicted molar refractivity (Wildman–Crippen MR) is 101 cm³/mol. The Balaban J connectivity index is 1.80. The molecular weight excluding hydrogens is 344 g/mol. The Labute approximate surface area is 158 Å². The van der Waals surface area contributed by atoms with Crippen molar-refractivity contribution in [2.24, 2.45) is 0 Å². The largest absolute Gasteiger partial charge is 0.497 e. The highest BCUT2D eigenvalue weighted by molar-refractivity contribution is 5.95. The number of nitrogens with zero attached hydrogens (tertiary/aromatic N) is 4. The summed E-state index contributed by atoms with van der Waals surface area (Å²) in [5.74, 6) is 1.05. The van der Waals surface area contributed by atoms with Crippen LogP contribution in [0.3, 0.4) is 0 Å². The third-order valence-electron chi connectivity index (χ3n) is 4.56. The van der Waals surface area contributed by atoms with E-state index in [-0.39, 0.29) is 11.9 Å². The molecule has 1 aromatic heterocycles. The molecule has 7 nitrogen and oxygen atoms in total. The van der Waals surface area contributed by atoms with Gasteiger partial charge in [0, 0.05) is 18.7 Å². The first-order valence-electron chi connectivity index (χ1n) is 8.48. The molecule has 1 amide bonds. The zero-order valence-electron chi connectivity index (χ0n) is 15.8. The van der Waals surface area contributed by atoms with E-state index in [1.54, 1.807) is 55.4 Å². The van der Waals surface area contributed by atoms with Gasteiger partial charge in [-0.25, -0.2) is 9.67 Å². The number of rotatable bonds is 6. The number of hydrogen-bond donors (Lipinski definition) is 0. The second-order valence-corrected chi connectivity index (χ2v) is 6.12. The molecule has 0 aliphatic rings. The molecular formula is C20H22N4O3. The fourth-order valence-electron chi connectivity index (χ4n) is 2.78. The SMILES string of the molecule is COc1cc(OC)cc(C(=O)N(C)[C@H](C)c2ccc(-n3cncn3)cc2)c1. The zero-order chi connectivity index (χ0) is 19.4. The van der Waals surface area contributed by atoms with E-state index in [0.29, 0.717) is 17.1 Å². The van der Waals surface area contributed by atoms with E-state index >= 15 is 0 Å². The molecule has 3 aromatic rings. The van der Waals surface area contributed by atoms with Crippen molar-refractivity contribution in [2.75, 3.05) is 21.3 Å². The molecule has 0 spiro atoms. The molecule has 0 bridgehead atoms. The number of hydrogen-bond acceptors (Lipinski definition) is 5. The Morgan fingerprint density at radius 3 is 2.22 bits per heavy atom. The van der Waals surface area contributed by atoms with Crippen LogP contribution in [0.2, 0.25) is 0 Å². The maximum atomic E-state index is 12.9. The first-order chi connectivity index (χ1) is 13.0. The van der Waals surface area contributed by atoms with Crippen LogP contribution >= 0.6 is 0 Å². The van der Waals surface area contributed by atoms with Crippen molar-refractivity contribution in [3.63, 3.8) is 0 Å². The summed E-state index contributed by atoms with van der Waals surface area (Å²) in [7, 11) is 4.91. The van der Waals surface area contributed by atoms with Crippen LogP contribution in [0.15, 0.2) is 55.1 Å². The lowest BCUT2D eigenvalue weighted by Crippen LogP contribution is -2.29. The van der Waals surface area contributed by atoms with Gasteiger partial charge in [-0.2, -0.15) is 5.10 Å². The van der Waals surface area contributed by atoms with E-state index in [4.69, 9.17) is 9.47 Å². The fraction of sp³-hybridized carbons (Fsp3) is 0.250. The van der Waals surface area contributed by atoms with Crippen molar-refractivity contribution in [3.05, 3.63) is 66.2 Å². The Bertz CT molecular complexity index is 885. The minimum Gasteiger partial charge on any atom is -0.497 e. The van der Waals surface area contributed by atoms with Gasteiger partial charge in [0.2, 0.25) is 0 Å². The lowest BCUT2D eigenvalue weighted by Gasteiger charge is -2.26. The zero-order valence-corrected chi connectivity index (χ0v) is 15.8. The van der Waals surface area contributed by atoms with Crippen LogP contribution in [-0.4, -0.2) is 46.8 Å². The van der Waals surface area contributed by atoms with Crippen molar-refractivity contribution in [1.29, 1.82) is 0 Å². The number of carbonyl (C=O) groups excluding carboxylic acids is 1. The molecule has 1 atom stereocenters. The first kappa shape index (κ1) is 18.4. The summed E-state index contributed by atoms with van der Waals surface area (Å²) in [5, 5.41) is 4.11. The molecule has 2 aromatic carbocycles. The molecule has 0 saturated heterocycles. The molecule has 140 valence electrons. The lowest BCUT2D eigenvalue weighted by molar-refractivity contribution is 0.0742. The Hall–Kier alpha value is -3.35. The Morgan fingerprint density at radius 1 is 1.07 bits per heavy atom. The van der Waals surface area contributed by atoms with E-state index in [1.807, 2.05) is 31.2 Å². The molecule has 0 aliphatic carbocycles. The topological polar surface area (TPSA) is 69.5 Å². The summed E-state index contributed by atoms with van der Waals surface area (Å²) in [4.78, 5) is 18.6. The molecule has 3 rings (SSSR count). The van der Waals surface area contributed by atoms with E-state index in [1.165, 1.54) is 6.33 Å². The molecule has 0 saturated carbocycles. The lowest BCUT2D eigenvalue weighted by atomic mass is 10.1. The second-order valence-electron chi connectivity index (χ2n) is 6.12. The van der Waals surface area contributed by atoms with E-state index < -0.39 is 0 Å². The van der Waals surface area contributed by atoms with Crippen molar-refractivity contribution >= 4 is 5.91 Å². The molecule has 0 N–H and O–H groups in total. The van der Waals surface area contributed by atoms with Crippen LogP contribution in [0.25, 0.3) is 5.69 Å². The van der Waals surface area contributed by atoms with Crippen LogP contribution in [0, 0.1) is 0 Å². The molecule has 1 heterocycles. The predicted octanol–water partition coefficient (Wildman–Crippen LogP) is 3.12. The van der Waals surface area contributed by atoms with Gasteiger partial charge in [0.05, 0.1) is 25.9 Å². The van der Waals surface area contributed by atoms with Crippen LogP contribution in [-0.2, 0) is 0 Å². The average molecular weight is 366 g/mol. The van der Waals surface area contributed by atoms with Gasteiger partial charge in [0.1, 0.15) is 24.2 Å². The van der Waals surface area contributed by atoms with E-state index in [0.717, 1.165) is 11.3 Å². The second kappa shape index (κ2) is 7.90. The molecule has 27 heavy (non-hydrogen) atoms.